The number of hydrogen-bond donors (Lipinski definition) is 2. The minimum absolute atomic E-state index is 0.0558. The van der Waals surface area contributed by atoms with Gasteiger partial charge >= 0.3 is 0 Å². The lowest BCUT2D eigenvalue weighted by Gasteiger charge is -2.32. The Hall–Kier alpha value is -1.20. The monoisotopic (exact) mass is 323 g/mol. The molecule has 1 amide bonds. The van der Waals surface area contributed by atoms with E-state index in [-0.39, 0.29) is 11.2 Å². The van der Waals surface area contributed by atoms with Crippen LogP contribution in [0.1, 0.15) is 56.3 Å². The van der Waals surface area contributed by atoms with Crippen molar-refractivity contribution in [2.45, 2.75) is 61.7 Å². The second kappa shape index (κ2) is 7.38. The lowest BCUT2D eigenvalue weighted by molar-refractivity contribution is 0.00525. The molecule has 0 aliphatic heterocycles. The van der Waals surface area contributed by atoms with Crippen LogP contribution < -0.4 is 5.32 Å². The largest absolute Gasteiger partial charge is 0.388 e. The Kier molecular flexibility index (Phi) is 5.75. The van der Waals surface area contributed by atoms with E-state index in [9.17, 15) is 14.1 Å². The summed E-state index contributed by atoms with van der Waals surface area (Å²) >= 11 is 0. The van der Waals surface area contributed by atoms with Crippen LogP contribution in [-0.4, -0.2) is 32.6 Å². The molecule has 1 fully saturated rings. The molecule has 5 heteroatoms. The molecule has 0 aromatic heterocycles. The van der Waals surface area contributed by atoms with Crippen LogP contribution in [0.25, 0.3) is 0 Å². The average molecular weight is 323 g/mol. The van der Waals surface area contributed by atoms with E-state index in [0.717, 1.165) is 37.0 Å². The zero-order chi connectivity index (χ0) is 16.2. The number of carbonyl (C=O) groups is 1. The SMILES string of the molecule is CC(C)S(=O)c1ccc(C(=O)NCC2(O)CCCCC2)cc1. The lowest BCUT2D eigenvalue weighted by atomic mass is 9.85. The molecule has 1 aromatic carbocycles. The van der Waals surface area contributed by atoms with E-state index in [1.54, 1.807) is 24.3 Å². The molecule has 0 radical (unpaired) electrons. The standard InChI is InChI=1S/C17H25NO3S/c1-13(2)22(21)15-8-6-14(7-9-15)16(19)18-12-17(20)10-4-3-5-11-17/h6-9,13,20H,3-5,10-12H2,1-2H3,(H,18,19). The van der Waals surface area contributed by atoms with Crippen LogP contribution >= 0.6 is 0 Å². The Balaban J connectivity index is 1.94. The molecule has 1 unspecified atom stereocenters. The Bertz CT molecular complexity index is 533. The van der Waals surface area contributed by atoms with Crippen molar-refractivity contribution in [3.8, 4) is 0 Å². The molecule has 1 aliphatic carbocycles. The molecular weight excluding hydrogens is 298 g/mol. The maximum Gasteiger partial charge on any atom is 0.251 e. The summed E-state index contributed by atoms with van der Waals surface area (Å²) in [5.74, 6) is -0.194. The van der Waals surface area contributed by atoms with Crippen molar-refractivity contribution in [2.24, 2.45) is 0 Å². The zero-order valence-electron chi connectivity index (χ0n) is 13.3. The normalized spacial score (nSPS) is 18.9. The van der Waals surface area contributed by atoms with Gasteiger partial charge in [-0.15, -0.1) is 0 Å². The number of carbonyl (C=O) groups excluding carboxylic acids is 1. The van der Waals surface area contributed by atoms with Crippen molar-refractivity contribution < 1.29 is 14.1 Å². The van der Waals surface area contributed by atoms with E-state index in [1.165, 1.54) is 0 Å². The molecule has 0 bridgehead atoms. The second-order valence-corrected chi connectivity index (χ2v) is 8.35. The fourth-order valence-corrected chi connectivity index (χ4v) is 3.69. The van der Waals surface area contributed by atoms with Crippen LogP contribution in [0.2, 0.25) is 0 Å². The summed E-state index contributed by atoms with van der Waals surface area (Å²) in [4.78, 5) is 12.9. The first-order valence-electron chi connectivity index (χ1n) is 7.92. The number of aliphatic hydroxyl groups is 1. The van der Waals surface area contributed by atoms with Gasteiger partial charge in [0.25, 0.3) is 5.91 Å². The molecule has 1 aliphatic rings. The predicted octanol–water partition coefficient (Wildman–Crippen LogP) is 2.63. The van der Waals surface area contributed by atoms with Gasteiger partial charge in [0.05, 0.1) is 16.4 Å². The van der Waals surface area contributed by atoms with Crippen LogP contribution in [0.15, 0.2) is 29.2 Å². The maximum absolute atomic E-state index is 12.1. The van der Waals surface area contributed by atoms with Crippen LogP contribution in [-0.2, 0) is 10.8 Å². The number of nitrogens with one attached hydrogen (secondary N) is 1. The third kappa shape index (κ3) is 4.40. The highest BCUT2D eigenvalue weighted by molar-refractivity contribution is 7.85. The summed E-state index contributed by atoms with van der Waals surface area (Å²) in [7, 11) is -1.04. The van der Waals surface area contributed by atoms with Crippen molar-refractivity contribution in [3.05, 3.63) is 29.8 Å². The molecule has 2 N–H and O–H groups in total. The number of hydrogen-bond acceptors (Lipinski definition) is 3. The van der Waals surface area contributed by atoms with Crippen LogP contribution in [0.5, 0.6) is 0 Å². The summed E-state index contributed by atoms with van der Waals surface area (Å²) in [5.41, 5.74) is -0.226. The first-order valence-corrected chi connectivity index (χ1v) is 9.14. The van der Waals surface area contributed by atoms with Gasteiger partial charge in [-0.25, -0.2) is 0 Å². The highest BCUT2D eigenvalue weighted by Gasteiger charge is 2.29. The van der Waals surface area contributed by atoms with Gasteiger partial charge < -0.3 is 10.4 Å². The Morgan fingerprint density at radius 2 is 1.82 bits per heavy atom. The van der Waals surface area contributed by atoms with Crippen LogP contribution in [0, 0.1) is 0 Å². The minimum atomic E-state index is -1.04. The number of amides is 1. The van der Waals surface area contributed by atoms with Gasteiger partial charge in [-0.2, -0.15) is 0 Å². The predicted molar refractivity (Wildman–Crippen MR) is 88.4 cm³/mol. The molecular formula is C17H25NO3S. The van der Waals surface area contributed by atoms with Gasteiger partial charge in [-0.05, 0) is 37.1 Å². The Labute approximate surface area is 134 Å². The van der Waals surface area contributed by atoms with E-state index < -0.39 is 16.4 Å². The van der Waals surface area contributed by atoms with Gasteiger partial charge in [0.15, 0.2) is 0 Å². The van der Waals surface area contributed by atoms with Gasteiger partial charge in [0.1, 0.15) is 0 Å². The summed E-state index contributed by atoms with van der Waals surface area (Å²) < 4.78 is 12.0. The van der Waals surface area contributed by atoms with Gasteiger partial charge in [-0.3, -0.25) is 9.00 Å². The lowest BCUT2D eigenvalue weighted by Crippen LogP contribution is -2.44. The highest BCUT2D eigenvalue weighted by Crippen LogP contribution is 2.27. The third-order valence-electron chi connectivity index (χ3n) is 4.14. The number of rotatable bonds is 5. The minimum Gasteiger partial charge on any atom is -0.388 e. The third-order valence-corrected chi connectivity index (χ3v) is 5.73. The molecule has 0 spiro atoms. The van der Waals surface area contributed by atoms with Crippen molar-refractivity contribution >= 4 is 16.7 Å². The molecule has 0 heterocycles. The summed E-state index contributed by atoms with van der Waals surface area (Å²) in [6.07, 6.45) is 4.69. The van der Waals surface area contributed by atoms with E-state index in [4.69, 9.17) is 0 Å². The fourth-order valence-electron chi connectivity index (χ4n) is 2.75. The molecule has 1 atom stereocenters. The smallest absolute Gasteiger partial charge is 0.251 e. The number of benzene rings is 1. The van der Waals surface area contributed by atoms with Crippen molar-refractivity contribution in [2.75, 3.05) is 6.54 Å². The van der Waals surface area contributed by atoms with E-state index in [0.29, 0.717) is 12.1 Å². The van der Waals surface area contributed by atoms with Crippen LogP contribution in [0.3, 0.4) is 0 Å². The quantitative estimate of drug-likeness (QED) is 0.875. The Morgan fingerprint density at radius 1 is 1.23 bits per heavy atom. The van der Waals surface area contributed by atoms with Gasteiger partial charge in [-0.1, -0.05) is 33.1 Å². The molecule has 1 saturated carbocycles. The van der Waals surface area contributed by atoms with Crippen molar-refractivity contribution in [1.82, 2.24) is 5.32 Å². The zero-order valence-corrected chi connectivity index (χ0v) is 14.1. The molecule has 1 aromatic rings. The van der Waals surface area contributed by atoms with Crippen LogP contribution in [0.4, 0.5) is 0 Å². The van der Waals surface area contributed by atoms with E-state index in [2.05, 4.69) is 5.32 Å². The summed E-state index contributed by atoms with van der Waals surface area (Å²) in [6.45, 7) is 4.11. The first-order chi connectivity index (χ1) is 10.4. The first kappa shape index (κ1) is 17.2. The van der Waals surface area contributed by atoms with Gasteiger partial charge in [0, 0.05) is 22.3 Å². The second-order valence-electron chi connectivity index (χ2n) is 6.34. The van der Waals surface area contributed by atoms with Crippen molar-refractivity contribution in [3.63, 3.8) is 0 Å². The maximum atomic E-state index is 12.1. The molecule has 22 heavy (non-hydrogen) atoms. The molecule has 0 saturated heterocycles. The topological polar surface area (TPSA) is 66.4 Å². The van der Waals surface area contributed by atoms with Gasteiger partial charge in [0.2, 0.25) is 0 Å². The molecule has 122 valence electrons. The Morgan fingerprint density at radius 3 is 2.36 bits per heavy atom. The van der Waals surface area contributed by atoms with E-state index >= 15 is 0 Å². The average Bonchev–Trinajstić information content (AvgIpc) is 2.53. The summed E-state index contributed by atoms with van der Waals surface area (Å²) in [5, 5.41) is 13.3. The molecule has 2 rings (SSSR count). The summed E-state index contributed by atoms with van der Waals surface area (Å²) in [6, 6.07) is 6.85. The van der Waals surface area contributed by atoms with E-state index in [1.807, 2.05) is 13.8 Å². The highest BCUT2D eigenvalue weighted by atomic mass is 32.2. The molecule has 4 nitrogen and oxygen atoms in total. The van der Waals surface area contributed by atoms with Crippen molar-refractivity contribution in [1.29, 1.82) is 0 Å². The fraction of sp³-hybridized carbons (Fsp3) is 0.588.